The molecule has 0 aliphatic heterocycles. The first kappa shape index (κ1) is 19.4. The second-order valence-electron chi connectivity index (χ2n) is 5.62. The van der Waals surface area contributed by atoms with Crippen LogP contribution in [0.4, 0.5) is 0 Å². The standard InChI is InChI=1S/C17H30N2O2/c1-14(16(18)20)12-10-8-6-4-3-5-7-9-11-13-15(2)17(19)21/h1-13H2,(H2,18,20)(H2,19,21). The fourth-order valence-electron chi connectivity index (χ4n) is 2.16. The van der Waals surface area contributed by atoms with Crippen LogP contribution in [0.2, 0.25) is 0 Å². The summed E-state index contributed by atoms with van der Waals surface area (Å²) in [6.07, 6.45) is 11.8. The van der Waals surface area contributed by atoms with Crippen molar-refractivity contribution < 1.29 is 9.59 Å². The largest absolute Gasteiger partial charge is 0.366 e. The van der Waals surface area contributed by atoms with Gasteiger partial charge in [0.15, 0.2) is 0 Å². The molecule has 2 amide bonds. The Morgan fingerprint density at radius 3 is 1.05 bits per heavy atom. The zero-order valence-corrected chi connectivity index (χ0v) is 13.2. The van der Waals surface area contributed by atoms with Gasteiger partial charge < -0.3 is 11.5 Å². The SMILES string of the molecule is C=C(CCCCCCCCCCCC(=C)C(N)=O)C(N)=O. The Morgan fingerprint density at radius 2 is 0.810 bits per heavy atom. The lowest BCUT2D eigenvalue weighted by Gasteiger charge is -2.04. The number of primary amides is 2. The molecule has 0 aliphatic rings. The zero-order chi connectivity index (χ0) is 16.1. The van der Waals surface area contributed by atoms with E-state index in [9.17, 15) is 9.59 Å². The molecule has 0 fully saturated rings. The molecule has 0 rings (SSSR count). The smallest absolute Gasteiger partial charge is 0.244 e. The topological polar surface area (TPSA) is 86.2 Å². The molecule has 0 radical (unpaired) electrons. The van der Waals surface area contributed by atoms with Crippen molar-refractivity contribution in [3.63, 3.8) is 0 Å². The predicted octanol–water partition coefficient (Wildman–Crippen LogP) is 3.36. The average molecular weight is 294 g/mol. The van der Waals surface area contributed by atoms with Crippen LogP contribution in [0.1, 0.15) is 70.6 Å². The van der Waals surface area contributed by atoms with Gasteiger partial charge in [0.2, 0.25) is 11.8 Å². The number of hydrogen-bond acceptors (Lipinski definition) is 2. The number of rotatable bonds is 14. The third-order valence-electron chi connectivity index (χ3n) is 3.65. The molecule has 4 N–H and O–H groups in total. The van der Waals surface area contributed by atoms with Crippen LogP contribution in [-0.4, -0.2) is 11.8 Å². The van der Waals surface area contributed by atoms with Crippen molar-refractivity contribution in [2.45, 2.75) is 70.6 Å². The zero-order valence-electron chi connectivity index (χ0n) is 13.2. The predicted molar refractivity (Wildman–Crippen MR) is 87.5 cm³/mol. The van der Waals surface area contributed by atoms with Crippen LogP contribution in [0.25, 0.3) is 0 Å². The molecule has 0 bridgehead atoms. The highest BCUT2D eigenvalue weighted by atomic mass is 16.1. The molecule has 0 aromatic heterocycles. The summed E-state index contributed by atoms with van der Waals surface area (Å²) in [7, 11) is 0. The van der Waals surface area contributed by atoms with Gasteiger partial charge in [0.05, 0.1) is 0 Å². The van der Waals surface area contributed by atoms with Gasteiger partial charge in [-0.25, -0.2) is 0 Å². The molecule has 4 heteroatoms. The Kier molecular flexibility index (Phi) is 11.3. The molecular weight excluding hydrogens is 264 g/mol. The summed E-state index contributed by atoms with van der Waals surface area (Å²) in [5.74, 6) is -0.761. The van der Waals surface area contributed by atoms with E-state index in [2.05, 4.69) is 13.2 Å². The minimum absolute atomic E-state index is 0.381. The van der Waals surface area contributed by atoms with Crippen LogP contribution in [0.5, 0.6) is 0 Å². The number of carbonyl (C=O) groups is 2. The number of carbonyl (C=O) groups excluding carboxylic acids is 2. The van der Waals surface area contributed by atoms with Gasteiger partial charge in [0.25, 0.3) is 0 Å². The van der Waals surface area contributed by atoms with Crippen LogP contribution >= 0.6 is 0 Å². The maximum absolute atomic E-state index is 10.8. The molecule has 0 spiro atoms. The third-order valence-corrected chi connectivity index (χ3v) is 3.65. The molecule has 4 nitrogen and oxygen atoms in total. The minimum Gasteiger partial charge on any atom is -0.366 e. The van der Waals surface area contributed by atoms with E-state index in [4.69, 9.17) is 11.5 Å². The van der Waals surface area contributed by atoms with E-state index in [-0.39, 0.29) is 11.8 Å². The summed E-state index contributed by atoms with van der Waals surface area (Å²) in [6.45, 7) is 7.29. The lowest BCUT2D eigenvalue weighted by Crippen LogP contribution is -2.12. The highest BCUT2D eigenvalue weighted by Gasteiger charge is 2.01. The average Bonchev–Trinajstić information content (AvgIpc) is 2.43. The summed E-state index contributed by atoms with van der Waals surface area (Å²) in [4.78, 5) is 21.5. The van der Waals surface area contributed by atoms with Crippen molar-refractivity contribution in [2.75, 3.05) is 0 Å². The Bertz CT molecular complexity index is 328. The summed E-state index contributed by atoms with van der Waals surface area (Å²) < 4.78 is 0. The number of unbranched alkanes of at least 4 members (excludes halogenated alkanes) is 8. The molecule has 0 saturated carbocycles. The Labute approximate surface area is 128 Å². The van der Waals surface area contributed by atoms with Crippen LogP contribution in [0, 0.1) is 0 Å². The van der Waals surface area contributed by atoms with Gasteiger partial charge in [0, 0.05) is 11.1 Å². The van der Waals surface area contributed by atoms with E-state index >= 15 is 0 Å². The minimum atomic E-state index is -0.381. The summed E-state index contributed by atoms with van der Waals surface area (Å²) >= 11 is 0. The van der Waals surface area contributed by atoms with Crippen molar-refractivity contribution in [2.24, 2.45) is 11.5 Å². The highest BCUT2D eigenvalue weighted by molar-refractivity contribution is 5.91. The Morgan fingerprint density at radius 1 is 0.571 bits per heavy atom. The monoisotopic (exact) mass is 294 g/mol. The quantitative estimate of drug-likeness (QED) is 0.380. The van der Waals surface area contributed by atoms with Crippen LogP contribution < -0.4 is 11.5 Å². The van der Waals surface area contributed by atoms with Crippen molar-refractivity contribution in [1.29, 1.82) is 0 Å². The van der Waals surface area contributed by atoms with Gasteiger partial charge in [-0.3, -0.25) is 9.59 Å². The second-order valence-corrected chi connectivity index (χ2v) is 5.62. The van der Waals surface area contributed by atoms with Gasteiger partial charge in [0.1, 0.15) is 0 Å². The normalized spacial score (nSPS) is 10.3. The van der Waals surface area contributed by atoms with E-state index in [0.29, 0.717) is 11.1 Å². The van der Waals surface area contributed by atoms with Crippen LogP contribution in [0.3, 0.4) is 0 Å². The molecule has 0 aliphatic carbocycles. The van der Waals surface area contributed by atoms with E-state index in [1.807, 2.05) is 0 Å². The second kappa shape index (κ2) is 12.2. The van der Waals surface area contributed by atoms with E-state index in [1.54, 1.807) is 0 Å². The fraction of sp³-hybridized carbons (Fsp3) is 0.647. The van der Waals surface area contributed by atoms with E-state index in [1.165, 1.54) is 32.1 Å². The molecule has 0 aromatic carbocycles. The van der Waals surface area contributed by atoms with Gasteiger partial charge >= 0.3 is 0 Å². The molecule has 120 valence electrons. The van der Waals surface area contributed by atoms with Gasteiger partial charge in [-0.15, -0.1) is 0 Å². The third kappa shape index (κ3) is 11.9. The van der Waals surface area contributed by atoms with Gasteiger partial charge in [-0.2, -0.15) is 0 Å². The van der Waals surface area contributed by atoms with Gasteiger partial charge in [-0.1, -0.05) is 58.1 Å². The highest BCUT2D eigenvalue weighted by Crippen LogP contribution is 2.13. The number of amides is 2. The van der Waals surface area contributed by atoms with Crippen molar-refractivity contribution in [3.8, 4) is 0 Å². The van der Waals surface area contributed by atoms with Crippen LogP contribution in [-0.2, 0) is 9.59 Å². The Hall–Kier alpha value is -1.58. The molecule has 0 atom stereocenters. The lowest BCUT2D eigenvalue weighted by atomic mass is 10.0. The maximum atomic E-state index is 10.8. The Balaban J connectivity index is 3.23. The summed E-state index contributed by atoms with van der Waals surface area (Å²) in [5.41, 5.74) is 11.3. The first-order valence-electron chi connectivity index (χ1n) is 7.90. The van der Waals surface area contributed by atoms with E-state index < -0.39 is 0 Å². The summed E-state index contributed by atoms with van der Waals surface area (Å²) in [6, 6.07) is 0. The van der Waals surface area contributed by atoms with Gasteiger partial charge in [-0.05, 0) is 25.7 Å². The number of nitrogens with two attached hydrogens (primary N) is 2. The molecule has 0 heterocycles. The maximum Gasteiger partial charge on any atom is 0.244 e. The van der Waals surface area contributed by atoms with Crippen molar-refractivity contribution >= 4 is 11.8 Å². The summed E-state index contributed by atoms with van der Waals surface area (Å²) in [5, 5.41) is 0. The van der Waals surface area contributed by atoms with Crippen LogP contribution in [0.15, 0.2) is 24.3 Å². The van der Waals surface area contributed by atoms with Crippen molar-refractivity contribution in [3.05, 3.63) is 24.3 Å². The number of hydrogen-bond donors (Lipinski definition) is 2. The fourth-order valence-corrected chi connectivity index (χ4v) is 2.16. The molecule has 0 saturated heterocycles. The molecule has 0 unspecified atom stereocenters. The lowest BCUT2D eigenvalue weighted by molar-refractivity contribution is -0.115. The molecule has 21 heavy (non-hydrogen) atoms. The van der Waals surface area contributed by atoms with E-state index in [0.717, 1.165) is 38.5 Å². The molecule has 0 aromatic rings. The van der Waals surface area contributed by atoms with Crippen molar-refractivity contribution in [1.82, 2.24) is 0 Å². The first-order valence-corrected chi connectivity index (χ1v) is 7.90. The first-order chi connectivity index (χ1) is 9.95. The molecular formula is C17H30N2O2.